The fraction of sp³-hybridized carbons (Fsp3) is 0.367. The van der Waals surface area contributed by atoms with E-state index in [1.807, 2.05) is 30.3 Å². The number of aromatic hydroxyl groups is 1. The molecule has 1 amide bonds. The number of phenolic OH excluding ortho intramolecular Hbond substituents is 1. The van der Waals surface area contributed by atoms with E-state index in [0.29, 0.717) is 16.7 Å². The van der Waals surface area contributed by atoms with Crippen molar-refractivity contribution >= 4 is 34.8 Å². The molecule has 1 saturated carbocycles. The van der Waals surface area contributed by atoms with E-state index in [2.05, 4.69) is 5.32 Å². The molecule has 5 unspecified atom stereocenters. The number of fused-ring (bicyclic) bond motifs is 3. The average molecular weight is 598 g/mol. The van der Waals surface area contributed by atoms with E-state index in [4.69, 9.17) is 17.3 Å². The first-order chi connectivity index (χ1) is 19.8. The van der Waals surface area contributed by atoms with Gasteiger partial charge in [0.2, 0.25) is 5.78 Å². The van der Waals surface area contributed by atoms with Gasteiger partial charge in [-0.05, 0) is 55.6 Å². The number of primary amides is 1. The number of carbonyl (C=O) groups excluding carboxylic acids is 3. The standard InChI is InChI=1S/C30H32ClN3O8/c1-34(2)23-18-10-14-8-17-16(13-6-4-3-5-7-13)9-15(12-33-19(35)11-31)24(36)21(17)25(37)20(14)27(39)30(18,42)28(40)22(26(23)38)29(32)41/h3-7,9,14,18-19,23,33,35-37,40,42H,8,10-12H2,1-2H3,(H2,32,41). The number of ketones is 2. The lowest BCUT2D eigenvalue weighted by atomic mass is 9.57. The van der Waals surface area contributed by atoms with Crippen LogP contribution in [0.25, 0.3) is 16.9 Å². The van der Waals surface area contributed by atoms with Crippen molar-refractivity contribution in [3.8, 4) is 16.9 Å². The van der Waals surface area contributed by atoms with Crippen LogP contribution in [0.5, 0.6) is 5.75 Å². The Bertz CT molecular complexity index is 1550. The molecular weight excluding hydrogens is 566 g/mol. The number of aliphatic hydroxyl groups is 4. The lowest BCUT2D eigenvalue weighted by Crippen LogP contribution is -2.65. The summed E-state index contributed by atoms with van der Waals surface area (Å²) in [6.45, 7) is -0.0308. The van der Waals surface area contributed by atoms with Crippen LogP contribution in [-0.2, 0) is 27.3 Å². The van der Waals surface area contributed by atoms with Crippen LogP contribution in [0, 0.1) is 11.8 Å². The van der Waals surface area contributed by atoms with Gasteiger partial charge in [0.1, 0.15) is 29.1 Å². The second-order valence-corrected chi connectivity index (χ2v) is 11.5. The molecule has 0 bridgehead atoms. The number of hydrogen-bond acceptors (Lipinski definition) is 10. The summed E-state index contributed by atoms with van der Waals surface area (Å²) < 4.78 is 0. The van der Waals surface area contributed by atoms with E-state index in [1.165, 1.54) is 4.90 Å². The number of nitrogens with two attached hydrogens (primary N) is 1. The van der Waals surface area contributed by atoms with Crippen LogP contribution in [-0.4, -0.2) is 85.8 Å². The van der Waals surface area contributed by atoms with E-state index in [1.54, 1.807) is 20.2 Å². The minimum atomic E-state index is -2.72. The van der Waals surface area contributed by atoms with Gasteiger partial charge >= 0.3 is 0 Å². The Morgan fingerprint density at radius 1 is 1.19 bits per heavy atom. The minimum Gasteiger partial charge on any atom is -0.508 e. The Balaban J connectivity index is 1.74. The third-order valence-electron chi connectivity index (χ3n) is 8.56. The fourth-order valence-corrected chi connectivity index (χ4v) is 6.77. The van der Waals surface area contributed by atoms with Gasteiger partial charge in [0.25, 0.3) is 5.91 Å². The monoisotopic (exact) mass is 597 g/mol. The van der Waals surface area contributed by atoms with Gasteiger partial charge in [-0.2, -0.15) is 0 Å². The molecular formula is C30H32ClN3O8. The Labute approximate surface area is 246 Å². The summed E-state index contributed by atoms with van der Waals surface area (Å²) in [5.41, 5.74) is 3.84. The first kappa shape index (κ1) is 29.7. The molecule has 2 aromatic carbocycles. The number of rotatable bonds is 7. The van der Waals surface area contributed by atoms with Crippen LogP contribution < -0.4 is 11.1 Å². The number of nitrogens with one attached hydrogen (secondary N) is 1. The number of hydrogen-bond donors (Lipinski definition) is 7. The third-order valence-corrected chi connectivity index (χ3v) is 8.85. The molecule has 11 nitrogen and oxygen atoms in total. The van der Waals surface area contributed by atoms with Crippen LogP contribution in [0.2, 0.25) is 0 Å². The molecule has 222 valence electrons. The molecule has 12 heteroatoms. The van der Waals surface area contributed by atoms with Gasteiger partial charge in [0.15, 0.2) is 11.4 Å². The second kappa shape index (κ2) is 10.8. The normalized spacial score (nSPS) is 26.2. The highest BCUT2D eigenvalue weighted by Gasteiger charge is 2.64. The quantitative estimate of drug-likeness (QED) is 0.139. The molecule has 0 heterocycles. The Kier molecular flexibility index (Phi) is 7.67. The minimum absolute atomic E-state index is 0.00796. The van der Waals surface area contributed by atoms with Gasteiger partial charge in [-0.1, -0.05) is 30.3 Å². The van der Waals surface area contributed by atoms with Crippen molar-refractivity contribution in [1.82, 2.24) is 10.2 Å². The van der Waals surface area contributed by atoms with Crippen LogP contribution >= 0.6 is 11.6 Å². The van der Waals surface area contributed by atoms with Crippen LogP contribution in [0.1, 0.15) is 23.1 Å². The third kappa shape index (κ3) is 4.40. The highest BCUT2D eigenvalue weighted by atomic mass is 35.5. The fourth-order valence-electron chi connectivity index (χ4n) is 6.66. The molecule has 8 N–H and O–H groups in total. The molecule has 1 fully saturated rings. The molecule has 0 radical (unpaired) electrons. The van der Waals surface area contributed by atoms with E-state index in [-0.39, 0.29) is 42.2 Å². The molecule has 3 aliphatic carbocycles. The van der Waals surface area contributed by atoms with Crippen molar-refractivity contribution in [2.45, 2.75) is 37.3 Å². The predicted octanol–water partition coefficient (Wildman–Crippen LogP) is 1.28. The number of amides is 1. The first-order valence-electron chi connectivity index (χ1n) is 13.4. The maximum Gasteiger partial charge on any atom is 0.255 e. The van der Waals surface area contributed by atoms with Gasteiger partial charge in [-0.3, -0.25) is 24.6 Å². The number of aliphatic hydroxyl groups excluding tert-OH is 3. The van der Waals surface area contributed by atoms with Crippen LogP contribution in [0.4, 0.5) is 0 Å². The maximum atomic E-state index is 14.1. The SMILES string of the molecule is CN(C)C1C(=O)C(C(N)=O)=C(O)C2(O)C(=O)C3=C(O)c4c(O)c(CNC(O)CCl)cc(-c5ccccc5)c4CC3CC12. The van der Waals surface area contributed by atoms with Gasteiger partial charge in [-0.15, -0.1) is 11.6 Å². The molecule has 0 aromatic heterocycles. The molecule has 0 saturated heterocycles. The number of Topliss-reactive ketones (excluding diaryl/α,β-unsaturated/α-hetero) is 2. The molecule has 0 spiro atoms. The van der Waals surface area contributed by atoms with Gasteiger partial charge in [0.05, 0.1) is 17.5 Å². The lowest BCUT2D eigenvalue weighted by Gasteiger charge is -2.50. The summed E-state index contributed by atoms with van der Waals surface area (Å²) >= 11 is 5.70. The predicted molar refractivity (Wildman–Crippen MR) is 153 cm³/mol. The van der Waals surface area contributed by atoms with E-state index < -0.39 is 64.3 Å². The molecule has 5 atom stereocenters. The first-order valence-corrected chi connectivity index (χ1v) is 13.9. The Morgan fingerprint density at radius 3 is 2.45 bits per heavy atom. The molecule has 2 aromatic rings. The van der Waals surface area contributed by atoms with Crippen molar-refractivity contribution in [1.29, 1.82) is 0 Å². The molecule has 0 aliphatic heterocycles. The van der Waals surface area contributed by atoms with Gasteiger partial charge < -0.3 is 31.3 Å². The summed E-state index contributed by atoms with van der Waals surface area (Å²) in [5.74, 6) is -7.21. The topological polar surface area (TPSA) is 194 Å². The van der Waals surface area contributed by atoms with Crippen molar-refractivity contribution in [2.75, 3.05) is 20.0 Å². The van der Waals surface area contributed by atoms with Crippen molar-refractivity contribution < 1.29 is 39.9 Å². The number of carbonyl (C=O) groups is 3. The zero-order valence-electron chi connectivity index (χ0n) is 23.0. The average Bonchev–Trinajstić information content (AvgIpc) is 2.94. The zero-order chi connectivity index (χ0) is 30.7. The number of halogens is 1. The van der Waals surface area contributed by atoms with Crippen molar-refractivity contribution in [2.24, 2.45) is 17.6 Å². The van der Waals surface area contributed by atoms with Crippen molar-refractivity contribution in [3.05, 3.63) is 70.0 Å². The molecule has 5 rings (SSSR count). The van der Waals surface area contributed by atoms with E-state index in [9.17, 15) is 39.9 Å². The summed E-state index contributed by atoms with van der Waals surface area (Å²) in [6.07, 6.45) is -0.923. The number of nitrogens with zero attached hydrogens (tertiary/aromatic N) is 1. The Hall–Kier alpha value is -3.74. The lowest BCUT2D eigenvalue weighted by molar-refractivity contribution is -0.153. The summed E-state index contributed by atoms with van der Waals surface area (Å²) in [6, 6.07) is 9.79. The van der Waals surface area contributed by atoms with Gasteiger partial charge in [0, 0.05) is 23.6 Å². The molecule has 3 aliphatic rings. The number of phenols is 1. The number of alkyl halides is 1. The van der Waals surface area contributed by atoms with Crippen LogP contribution in [0.15, 0.2) is 53.3 Å². The largest absolute Gasteiger partial charge is 0.508 e. The van der Waals surface area contributed by atoms with Gasteiger partial charge in [-0.25, -0.2) is 0 Å². The highest BCUT2D eigenvalue weighted by molar-refractivity contribution is 6.24. The molecule has 42 heavy (non-hydrogen) atoms. The van der Waals surface area contributed by atoms with Crippen LogP contribution in [0.3, 0.4) is 0 Å². The maximum absolute atomic E-state index is 14.1. The summed E-state index contributed by atoms with van der Waals surface area (Å²) in [4.78, 5) is 41.0. The van der Waals surface area contributed by atoms with E-state index in [0.717, 1.165) is 5.56 Å². The second-order valence-electron chi connectivity index (χ2n) is 11.2. The summed E-state index contributed by atoms with van der Waals surface area (Å²) in [5, 5.41) is 58.6. The Morgan fingerprint density at radius 2 is 1.86 bits per heavy atom. The highest BCUT2D eigenvalue weighted by Crippen LogP contribution is 2.54. The smallest absolute Gasteiger partial charge is 0.255 e. The zero-order valence-corrected chi connectivity index (χ0v) is 23.7. The number of likely N-dealkylation sites (N-methyl/N-ethyl adjacent to an activating group) is 1. The van der Waals surface area contributed by atoms with E-state index >= 15 is 0 Å². The summed E-state index contributed by atoms with van der Waals surface area (Å²) in [7, 11) is 3.10. The number of benzene rings is 2. The van der Waals surface area contributed by atoms with Crippen molar-refractivity contribution in [3.63, 3.8) is 0 Å².